The van der Waals surface area contributed by atoms with Crippen LogP contribution in [0.25, 0.3) is 10.6 Å². The number of carbonyl (C=O) groups excluding carboxylic acids is 1. The SMILES string of the molecule is CC1(C)C2CCC1(C)C(NC(=O)Cc1csc(-c3cccnc3)n1)C2. The van der Waals surface area contributed by atoms with E-state index in [0.717, 1.165) is 28.6 Å². The molecule has 2 fully saturated rings. The van der Waals surface area contributed by atoms with E-state index in [-0.39, 0.29) is 11.3 Å². The molecule has 2 aromatic rings. The zero-order valence-corrected chi connectivity index (χ0v) is 15.9. The molecule has 2 heterocycles. The summed E-state index contributed by atoms with van der Waals surface area (Å²) in [7, 11) is 0. The molecule has 5 heteroatoms. The fourth-order valence-corrected chi connectivity index (χ4v) is 5.65. The second-order valence-electron chi connectivity index (χ2n) is 8.29. The molecule has 2 aliphatic rings. The molecule has 25 heavy (non-hydrogen) atoms. The van der Waals surface area contributed by atoms with E-state index in [1.165, 1.54) is 12.8 Å². The van der Waals surface area contributed by atoms with E-state index in [1.807, 2.05) is 17.5 Å². The van der Waals surface area contributed by atoms with Crippen LogP contribution in [0.2, 0.25) is 0 Å². The molecule has 2 aliphatic carbocycles. The van der Waals surface area contributed by atoms with Crippen molar-refractivity contribution in [3.63, 3.8) is 0 Å². The van der Waals surface area contributed by atoms with Crippen molar-refractivity contribution >= 4 is 17.2 Å². The number of pyridine rings is 1. The Labute approximate surface area is 153 Å². The lowest BCUT2D eigenvalue weighted by atomic mass is 9.69. The maximum Gasteiger partial charge on any atom is 0.226 e. The lowest BCUT2D eigenvalue weighted by Gasteiger charge is -2.39. The fourth-order valence-electron chi connectivity index (χ4n) is 4.84. The first-order valence-electron chi connectivity index (χ1n) is 9.04. The van der Waals surface area contributed by atoms with E-state index in [2.05, 4.69) is 36.1 Å². The summed E-state index contributed by atoms with van der Waals surface area (Å²) in [5.41, 5.74) is 2.38. The second kappa shape index (κ2) is 5.90. The van der Waals surface area contributed by atoms with Gasteiger partial charge in [0.05, 0.1) is 12.1 Å². The van der Waals surface area contributed by atoms with Crippen LogP contribution in [0.4, 0.5) is 0 Å². The van der Waals surface area contributed by atoms with Gasteiger partial charge in [0.2, 0.25) is 5.91 Å². The quantitative estimate of drug-likeness (QED) is 0.899. The zero-order chi connectivity index (χ0) is 17.7. The average Bonchev–Trinajstić information content (AvgIpc) is 3.18. The monoisotopic (exact) mass is 355 g/mol. The molecular formula is C20H25N3OS. The van der Waals surface area contributed by atoms with Crippen molar-refractivity contribution in [3.05, 3.63) is 35.6 Å². The number of carbonyl (C=O) groups is 1. The highest BCUT2D eigenvalue weighted by Gasteiger charge is 2.61. The summed E-state index contributed by atoms with van der Waals surface area (Å²) < 4.78 is 0. The largest absolute Gasteiger partial charge is 0.352 e. The lowest BCUT2D eigenvalue weighted by Crippen LogP contribution is -2.47. The molecule has 2 aromatic heterocycles. The minimum atomic E-state index is 0.0950. The highest BCUT2D eigenvalue weighted by molar-refractivity contribution is 7.13. The normalized spacial score (nSPS) is 29.7. The molecule has 2 saturated carbocycles. The Morgan fingerprint density at radius 3 is 2.88 bits per heavy atom. The molecule has 3 unspecified atom stereocenters. The van der Waals surface area contributed by atoms with Crippen LogP contribution in [0.3, 0.4) is 0 Å². The van der Waals surface area contributed by atoms with Crippen molar-refractivity contribution in [1.82, 2.24) is 15.3 Å². The summed E-state index contributed by atoms with van der Waals surface area (Å²) in [5.74, 6) is 0.830. The van der Waals surface area contributed by atoms with E-state index in [9.17, 15) is 4.79 Å². The Bertz CT molecular complexity index is 785. The molecule has 0 radical (unpaired) electrons. The van der Waals surface area contributed by atoms with Gasteiger partial charge in [0.15, 0.2) is 0 Å². The van der Waals surface area contributed by atoms with Crippen LogP contribution in [-0.2, 0) is 11.2 Å². The van der Waals surface area contributed by atoms with Gasteiger partial charge in [0, 0.05) is 29.4 Å². The van der Waals surface area contributed by atoms with E-state index >= 15 is 0 Å². The van der Waals surface area contributed by atoms with Crippen LogP contribution in [-0.4, -0.2) is 21.9 Å². The summed E-state index contributed by atoms with van der Waals surface area (Å²) in [6.07, 6.45) is 7.55. The van der Waals surface area contributed by atoms with Crippen LogP contribution in [0.5, 0.6) is 0 Å². The summed E-state index contributed by atoms with van der Waals surface area (Å²) in [6, 6.07) is 4.19. The molecule has 0 saturated heterocycles. The fraction of sp³-hybridized carbons (Fsp3) is 0.550. The second-order valence-corrected chi connectivity index (χ2v) is 9.15. The van der Waals surface area contributed by atoms with Gasteiger partial charge in [-0.2, -0.15) is 0 Å². The third-order valence-corrected chi connectivity index (χ3v) is 7.87. The predicted molar refractivity (Wildman–Crippen MR) is 100 cm³/mol. The number of aromatic nitrogens is 2. The van der Waals surface area contributed by atoms with Gasteiger partial charge in [-0.3, -0.25) is 9.78 Å². The van der Waals surface area contributed by atoms with Crippen LogP contribution in [0, 0.1) is 16.7 Å². The Hall–Kier alpha value is -1.75. The molecule has 4 nitrogen and oxygen atoms in total. The lowest BCUT2D eigenvalue weighted by molar-refractivity contribution is -0.122. The molecule has 4 rings (SSSR count). The van der Waals surface area contributed by atoms with Crippen molar-refractivity contribution in [2.24, 2.45) is 16.7 Å². The Morgan fingerprint density at radius 1 is 1.40 bits per heavy atom. The number of rotatable bonds is 4. The molecule has 2 bridgehead atoms. The van der Waals surface area contributed by atoms with Gasteiger partial charge in [-0.05, 0) is 48.1 Å². The van der Waals surface area contributed by atoms with Gasteiger partial charge < -0.3 is 5.32 Å². The summed E-state index contributed by atoms with van der Waals surface area (Å²) in [4.78, 5) is 21.3. The Morgan fingerprint density at radius 2 is 2.24 bits per heavy atom. The van der Waals surface area contributed by atoms with E-state index in [0.29, 0.717) is 17.9 Å². The summed E-state index contributed by atoms with van der Waals surface area (Å²) in [6.45, 7) is 7.10. The number of nitrogens with one attached hydrogen (secondary N) is 1. The molecule has 3 atom stereocenters. The minimum absolute atomic E-state index is 0.0950. The number of thiazole rings is 1. The number of fused-ring (bicyclic) bond motifs is 2. The molecule has 1 amide bonds. The first-order valence-corrected chi connectivity index (χ1v) is 9.92. The molecule has 0 aromatic carbocycles. The number of amides is 1. The Balaban J connectivity index is 1.42. The van der Waals surface area contributed by atoms with Crippen molar-refractivity contribution < 1.29 is 4.79 Å². The van der Waals surface area contributed by atoms with E-state index in [1.54, 1.807) is 23.7 Å². The highest BCUT2D eigenvalue weighted by Crippen LogP contribution is 2.65. The first-order chi connectivity index (χ1) is 11.9. The standard InChI is InChI=1S/C20H25N3OS/c1-19(2)14-6-7-20(19,3)16(9-14)23-17(24)10-15-12-25-18(22-15)13-5-4-8-21-11-13/h4-5,8,11-12,14,16H,6-7,9-10H2,1-3H3,(H,23,24). The molecule has 132 valence electrons. The third-order valence-electron chi connectivity index (χ3n) is 6.93. The molecule has 0 spiro atoms. The maximum absolute atomic E-state index is 12.6. The molecular weight excluding hydrogens is 330 g/mol. The van der Waals surface area contributed by atoms with Crippen LogP contribution >= 0.6 is 11.3 Å². The van der Waals surface area contributed by atoms with Gasteiger partial charge in [-0.1, -0.05) is 20.8 Å². The van der Waals surface area contributed by atoms with E-state index in [4.69, 9.17) is 0 Å². The molecule has 0 aliphatic heterocycles. The number of nitrogens with zero attached hydrogens (tertiary/aromatic N) is 2. The van der Waals surface area contributed by atoms with Crippen molar-refractivity contribution in [1.29, 1.82) is 0 Å². The molecule has 1 N–H and O–H groups in total. The average molecular weight is 356 g/mol. The summed E-state index contributed by atoms with van der Waals surface area (Å²) >= 11 is 1.57. The summed E-state index contributed by atoms with van der Waals surface area (Å²) in [5, 5.41) is 6.22. The number of hydrogen-bond donors (Lipinski definition) is 1. The first kappa shape index (κ1) is 16.7. The minimum Gasteiger partial charge on any atom is -0.352 e. The maximum atomic E-state index is 12.6. The van der Waals surface area contributed by atoms with Gasteiger partial charge in [-0.25, -0.2) is 4.98 Å². The van der Waals surface area contributed by atoms with Crippen LogP contribution in [0.1, 0.15) is 45.7 Å². The topological polar surface area (TPSA) is 54.9 Å². The van der Waals surface area contributed by atoms with Crippen molar-refractivity contribution in [2.45, 2.75) is 52.5 Å². The number of hydrogen-bond acceptors (Lipinski definition) is 4. The zero-order valence-electron chi connectivity index (χ0n) is 15.1. The van der Waals surface area contributed by atoms with Crippen molar-refractivity contribution in [2.75, 3.05) is 0 Å². The highest BCUT2D eigenvalue weighted by atomic mass is 32.1. The predicted octanol–water partition coefficient (Wildman–Crippen LogP) is 4.08. The van der Waals surface area contributed by atoms with E-state index < -0.39 is 0 Å². The van der Waals surface area contributed by atoms with Crippen LogP contribution in [0.15, 0.2) is 29.9 Å². The third kappa shape index (κ3) is 2.69. The van der Waals surface area contributed by atoms with Gasteiger partial charge in [-0.15, -0.1) is 11.3 Å². The van der Waals surface area contributed by atoms with Crippen LogP contribution < -0.4 is 5.32 Å². The smallest absolute Gasteiger partial charge is 0.226 e. The Kier molecular flexibility index (Phi) is 3.95. The van der Waals surface area contributed by atoms with Crippen molar-refractivity contribution in [3.8, 4) is 10.6 Å². The van der Waals surface area contributed by atoms with Gasteiger partial charge >= 0.3 is 0 Å². The van der Waals surface area contributed by atoms with Gasteiger partial charge in [0.25, 0.3) is 0 Å². The van der Waals surface area contributed by atoms with Gasteiger partial charge in [0.1, 0.15) is 5.01 Å².